The Balaban J connectivity index is 2.39. The van der Waals surface area contributed by atoms with Gasteiger partial charge in [0.15, 0.2) is 0 Å². The van der Waals surface area contributed by atoms with Crippen LogP contribution in [0.4, 0.5) is 0 Å². The molecule has 1 aliphatic rings. The second kappa shape index (κ2) is 2.62. The number of fused-ring (bicyclic) bond motifs is 1. The van der Waals surface area contributed by atoms with E-state index in [0.717, 1.165) is 6.42 Å². The lowest BCUT2D eigenvalue weighted by molar-refractivity contribution is 0.590. The molecule has 0 bridgehead atoms. The first-order valence-electron chi connectivity index (χ1n) is 4.03. The highest BCUT2D eigenvalue weighted by Crippen LogP contribution is 2.28. The molecule has 2 rings (SSSR count). The van der Waals surface area contributed by atoms with E-state index < -0.39 is 0 Å². The standard InChI is InChI=1S/C9H12N2/c1-10-8-4-5-9-7(8)3-2-6-11-9/h2-3,6,8,10H,4-5H2,1H3/t8-/m1/s1. The first kappa shape index (κ1) is 6.80. The summed E-state index contributed by atoms with van der Waals surface area (Å²) in [6.45, 7) is 0. The van der Waals surface area contributed by atoms with Gasteiger partial charge in [-0.3, -0.25) is 4.98 Å². The van der Waals surface area contributed by atoms with Gasteiger partial charge in [-0.05, 0) is 31.5 Å². The fourth-order valence-corrected chi connectivity index (χ4v) is 1.71. The molecule has 0 aromatic carbocycles. The van der Waals surface area contributed by atoms with E-state index in [1.807, 2.05) is 19.3 Å². The van der Waals surface area contributed by atoms with Crippen molar-refractivity contribution in [2.75, 3.05) is 7.05 Å². The van der Waals surface area contributed by atoms with Crippen molar-refractivity contribution in [3.8, 4) is 0 Å². The van der Waals surface area contributed by atoms with E-state index >= 15 is 0 Å². The third kappa shape index (κ3) is 1.03. The number of rotatable bonds is 1. The van der Waals surface area contributed by atoms with Crippen molar-refractivity contribution in [2.24, 2.45) is 0 Å². The van der Waals surface area contributed by atoms with Crippen LogP contribution in [-0.2, 0) is 6.42 Å². The zero-order valence-corrected chi connectivity index (χ0v) is 6.67. The van der Waals surface area contributed by atoms with Gasteiger partial charge >= 0.3 is 0 Å². The van der Waals surface area contributed by atoms with Gasteiger partial charge in [-0.15, -0.1) is 0 Å². The third-order valence-corrected chi connectivity index (χ3v) is 2.32. The summed E-state index contributed by atoms with van der Waals surface area (Å²) in [5.41, 5.74) is 2.65. The molecule has 1 aromatic rings. The minimum Gasteiger partial charge on any atom is -0.313 e. The largest absolute Gasteiger partial charge is 0.313 e. The topological polar surface area (TPSA) is 24.9 Å². The van der Waals surface area contributed by atoms with Crippen molar-refractivity contribution >= 4 is 0 Å². The molecule has 58 valence electrons. The molecule has 2 nitrogen and oxygen atoms in total. The highest BCUT2D eigenvalue weighted by molar-refractivity contribution is 5.28. The van der Waals surface area contributed by atoms with Crippen LogP contribution in [0.15, 0.2) is 18.3 Å². The van der Waals surface area contributed by atoms with Gasteiger partial charge in [0, 0.05) is 17.9 Å². The lowest BCUT2D eigenvalue weighted by Crippen LogP contribution is -2.12. The third-order valence-electron chi connectivity index (χ3n) is 2.32. The molecule has 1 N–H and O–H groups in total. The molecule has 0 unspecified atom stereocenters. The van der Waals surface area contributed by atoms with Crippen LogP contribution < -0.4 is 5.32 Å². The van der Waals surface area contributed by atoms with Crippen LogP contribution in [0.2, 0.25) is 0 Å². The SMILES string of the molecule is CN[C@@H]1CCc2ncccc21. The monoisotopic (exact) mass is 148 g/mol. The number of nitrogens with zero attached hydrogens (tertiary/aromatic N) is 1. The van der Waals surface area contributed by atoms with Gasteiger partial charge in [0.25, 0.3) is 0 Å². The van der Waals surface area contributed by atoms with Gasteiger partial charge in [-0.25, -0.2) is 0 Å². The fraction of sp³-hybridized carbons (Fsp3) is 0.444. The van der Waals surface area contributed by atoms with E-state index in [2.05, 4.69) is 16.4 Å². The van der Waals surface area contributed by atoms with Crippen LogP contribution in [0.1, 0.15) is 23.7 Å². The molecule has 1 aliphatic carbocycles. The number of aryl methyl sites for hydroxylation is 1. The molecular weight excluding hydrogens is 136 g/mol. The zero-order chi connectivity index (χ0) is 7.68. The fourth-order valence-electron chi connectivity index (χ4n) is 1.71. The highest BCUT2D eigenvalue weighted by Gasteiger charge is 2.20. The summed E-state index contributed by atoms with van der Waals surface area (Å²) in [6.07, 6.45) is 4.20. The quantitative estimate of drug-likeness (QED) is 0.649. The summed E-state index contributed by atoms with van der Waals surface area (Å²) < 4.78 is 0. The van der Waals surface area contributed by atoms with Crippen LogP contribution in [0.5, 0.6) is 0 Å². The molecule has 0 fully saturated rings. The van der Waals surface area contributed by atoms with E-state index in [1.54, 1.807) is 0 Å². The summed E-state index contributed by atoms with van der Waals surface area (Å²) in [5, 5.41) is 3.28. The van der Waals surface area contributed by atoms with Gasteiger partial charge in [-0.1, -0.05) is 6.07 Å². The molecule has 0 radical (unpaired) electrons. The lowest BCUT2D eigenvalue weighted by atomic mass is 10.1. The summed E-state index contributed by atoms with van der Waals surface area (Å²) in [7, 11) is 2.01. The second-order valence-electron chi connectivity index (χ2n) is 2.92. The molecule has 0 saturated carbocycles. The minimum absolute atomic E-state index is 0.540. The van der Waals surface area contributed by atoms with Crippen molar-refractivity contribution in [3.63, 3.8) is 0 Å². The summed E-state index contributed by atoms with van der Waals surface area (Å²) in [4.78, 5) is 4.32. The first-order valence-corrected chi connectivity index (χ1v) is 4.03. The van der Waals surface area contributed by atoms with Crippen LogP contribution in [0, 0.1) is 0 Å². The van der Waals surface area contributed by atoms with Crippen LogP contribution in [-0.4, -0.2) is 12.0 Å². The minimum atomic E-state index is 0.540. The zero-order valence-electron chi connectivity index (χ0n) is 6.67. The Bertz CT molecular complexity index is 257. The highest BCUT2D eigenvalue weighted by atomic mass is 14.9. The number of pyridine rings is 1. The Hall–Kier alpha value is -0.890. The Kier molecular flexibility index (Phi) is 1.62. The number of nitrogens with one attached hydrogen (secondary N) is 1. The smallest absolute Gasteiger partial charge is 0.0452 e. The van der Waals surface area contributed by atoms with E-state index in [1.165, 1.54) is 17.7 Å². The molecule has 2 heteroatoms. The molecule has 0 aliphatic heterocycles. The normalized spacial score (nSPS) is 21.7. The van der Waals surface area contributed by atoms with Crippen molar-refractivity contribution in [3.05, 3.63) is 29.6 Å². The maximum atomic E-state index is 4.32. The predicted octanol–water partition coefficient (Wildman–Crippen LogP) is 1.29. The molecule has 0 saturated heterocycles. The van der Waals surface area contributed by atoms with Crippen LogP contribution >= 0.6 is 0 Å². The molecule has 1 atom stereocenters. The number of hydrogen-bond donors (Lipinski definition) is 1. The van der Waals surface area contributed by atoms with Gasteiger partial charge in [0.05, 0.1) is 0 Å². The van der Waals surface area contributed by atoms with E-state index in [0.29, 0.717) is 6.04 Å². The molecule has 1 aromatic heterocycles. The van der Waals surface area contributed by atoms with Gasteiger partial charge < -0.3 is 5.32 Å². The lowest BCUT2D eigenvalue weighted by Gasteiger charge is -2.07. The van der Waals surface area contributed by atoms with Gasteiger partial charge in [0.1, 0.15) is 0 Å². The van der Waals surface area contributed by atoms with Crippen molar-refractivity contribution in [2.45, 2.75) is 18.9 Å². The molecule has 11 heavy (non-hydrogen) atoms. The molecular formula is C9H12N2. The second-order valence-corrected chi connectivity index (χ2v) is 2.92. The van der Waals surface area contributed by atoms with E-state index in [-0.39, 0.29) is 0 Å². The summed E-state index contributed by atoms with van der Waals surface area (Å²) in [5.74, 6) is 0. The average Bonchev–Trinajstić information content (AvgIpc) is 2.47. The van der Waals surface area contributed by atoms with Gasteiger partial charge in [0.2, 0.25) is 0 Å². The molecule has 0 amide bonds. The maximum absolute atomic E-state index is 4.32. The Morgan fingerprint density at radius 1 is 1.64 bits per heavy atom. The Morgan fingerprint density at radius 2 is 2.55 bits per heavy atom. The Morgan fingerprint density at radius 3 is 3.36 bits per heavy atom. The molecule has 0 spiro atoms. The van der Waals surface area contributed by atoms with Crippen LogP contribution in [0.3, 0.4) is 0 Å². The predicted molar refractivity (Wildman–Crippen MR) is 44.4 cm³/mol. The molecule has 1 heterocycles. The number of aromatic nitrogens is 1. The van der Waals surface area contributed by atoms with Gasteiger partial charge in [-0.2, -0.15) is 0 Å². The van der Waals surface area contributed by atoms with E-state index in [9.17, 15) is 0 Å². The number of hydrogen-bond acceptors (Lipinski definition) is 2. The summed E-state index contributed by atoms with van der Waals surface area (Å²) in [6, 6.07) is 4.71. The van der Waals surface area contributed by atoms with Crippen molar-refractivity contribution in [1.82, 2.24) is 10.3 Å². The first-order chi connectivity index (χ1) is 5.42. The summed E-state index contributed by atoms with van der Waals surface area (Å²) >= 11 is 0. The van der Waals surface area contributed by atoms with Crippen molar-refractivity contribution in [1.29, 1.82) is 0 Å². The average molecular weight is 148 g/mol. The van der Waals surface area contributed by atoms with Crippen molar-refractivity contribution < 1.29 is 0 Å². The maximum Gasteiger partial charge on any atom is 0.0452 e. The van der Waals surface area contributed by atoms with E-state index in [4.69, 9.17) is 0 Å². The Labute approximate surface area is 66.7 Å². The van der Waals surface area contributed by atoms with Crippen LogP contribution in [0.25, 0.3) is 0 Å².